The van der Waals surface area contributed by atoms with E-state index in [9.17, 15) is 8.42 Å². The van der Waals surface area contributed by atoms with Crippen LogP contribution in [-0.4, -0.2) is 71.7 Å². The van der Waals surface area contributed by atoms with E-state index in [1.54, 1.807) is 0 Å². The topological polar surface area (TPSA) is 58.4 Å². The average Bonchev–Trinajstić information content (AvgIpc) is 3.06. The summed E-state index contributed by atoms with van der Waals surface area (Å²) in [5.74, 6) is 0.723. The Morgan fingerprint density at radius 3 is 2.55 bits per heavy atom. The molecule has 3 rings (SSSR count). The summed E-state index contributed by atoms with van der Waals surface area (Å²) >= 11 is 0. The number of hydrogen-bond donors (Lipinski definition) is 0. The van der Waals surface area contributed by atoms with E-state index in [0.29, 0.717) is 17.5 Å². The van der Waals surface area contributed by atoms with Gasteiger partial charge in [0.05, 0.1) is 17.7 Å². The van der Waals surface area contributed by atoms with Gasteiger partial charge in [-0.2, -0.15) is 5.10 Å². The Bertz CT molecular complexity index is 603. The van der Waals surface area contributed by atoms with Crippen LogP contribution in [0.15, 0.2) is 12.4 Å². The first kappa shape index (κ1) is 16.0. The maximum Gasteiger partial charge on any atom is 0.151 e. The second-order valence-electron chi connectivity index (χ2n) is 6.79. The smallest absolute Gasteiger partial charge is 0.151 e. The van der Waals surface area contributed by atoms with Crippen LogP contribution in [0.5, 0.6) is 0 Å². The minimum atomic E-state index is -2.78. The van der Waals surface area contributed by atoms with Crippen LogP contribution in [-0.2, 0) is 16.4 Å². The zero-order valence-corrected chi connectivity index (χ0v) is 14.3. The standard InChI is InChI=1S/C15H26N4O2S/c1-13(2)19-11-14(9-16-19)10-17-4-6-18(7-5-17)15-3-8-22(20,21)12-15/h9,11,13,15H,3-8,10,12H2,1-2H3. The molecule has 1 atom stereocenters. The van der Waals surface area contributed by atoms with Gasteiger partial charge in [0.2, 0.25) is 0 Å². The van der Waals surface area contributed by atoms with E-state index in [1.165, 1.54) is 5.56 Å². The maximum atomic E-state index is 11.6. The molecule has 6 nitrogen and oxygen atoms in total. The van der Waals surface area contributed by atoms with Crippen LogP contribution in [0.4, 0.5) is 0 Å². The predicted octanol–water partition coefficient (Wildman–Crippen LogP) is 0.769. The van der Waals surface area contributed by atoms with Crippen molar-refractivity contribution in [2.45, 2.75) is 38.9 Å². The summed E-state index contributed by atoms with van der Waals surface area (Å²) in [7, 11) is -2.78. The zero-order valence-electron chi connectivity index (χ0n) is 13.5. The fourth-order valence-electron chi connectivity index (χ4n) is 3.35. The molecular weight excluding hydrogens is 300 g/mol. The fraction of sp³-hybridized carbons (Fsp3) is 0.800. The zero-order chi connectivity index (χ0) is 15.7. The van der Waals surface area contributed by atoms with Crippen LogP contribution in [0.1, 0.15) is 31.9 Å². The molecule has 0 radical (unpaired) electrons. The monoisotopic (exact) mass is 326 g/mol. The molecule has 0 aromatic carbocycles. The molecule has 7 heteroatoms. The first-order chi connectivity index (χ1) is 10.4. The molecule has 3 heterocycles. The highest BCUT2D eigenvalue weighted by molar-refractivity contribution is 7.91. The Labute approximate surface area is 133 Å². The molecule has 0 spiro atoms. The molecule has 0 N–H and O–H groups in total. The molecule has 2 aliphatic rings. The van der Waals surface area contributed by atoms with E-state index in [2.05, 4.69) is 34.9 Å². The summed E-state index contributed by atoms with van der Waals surface area (Å²) in [6, 6.07) is 0.644. The highest BCUT2D eigenvalue weighted by atomic mass is 32.2. The minimum Gasteiger partial charge on any atom is -0.297 e. The Hall–Kier alpha value is -0.920. The highest BCUT2D eigenvalue weighted by Crippen LogP contribution is 2.20. The van der Waals surface area contributed by atoms with Gasteiger partial charge in [-0.3, -0.25) is 14.5 Å². The second kappa shape index (κ2) is 6.29. The van der Waals surface area contributed by atoms with E-state index in [-0.39, 0.29) is 6.04 Å². The van der Waals surface area contributed by atoms with Crippen molar-refractivity contribution in [1.82, 2.24) is 19.6 Å². The van der Waals surface area contributed by atoms with Crippen molar-refractivity contribution in [2.75, 3.05) is 37.7 Å². The molecule has 0 bridgehead atoms. The van der Waals surface area contributed by atoms with Crippen LogP contribution < -0.4 is 0 Å². The summed E-state index contributed by atoms with van der Waals surface area (Å²) in [6.45, 7) is 9.14. The number of sulfone groups is 1. The average molecular weight is 326 g/mol. The van der Waals surface area contributed by atoms with Crippen molar-refractivity contribution in [1.29, 1.82) is 0 Å². The Kier molecular flexibility index (Phi) is 4.56. The number of nitrogens with zero attached hydrogens (tertiary/aromatic N) is 4. The largest absolute Gasteiger partial charge is 0.297 e. The summed E-state index contributed by atoms with van der Waals surface area (Å²) < 4.78 is 25.2. The Balaban J connectivity index is 1.49. The normalized spacial score (nSPS) is 26.8. The summed E-state index contributed by atoms with van der Waals surface area (Å²) in [5.41, 5.74) is 1.26. The molecule has 1 aromatic heterocycles. The van der Waals surface area contributed by atoms with Crippen LogP contribution in [0, 0.1) is 0 Å². The quantitative estimate of drug-likeness (QED) is 0.818. The van der Waals surface area contributed by atoms with Gasteiger partial charge in [0.25, 0.3) is 0 Å². The van der Waals surface area contributed by atoms with Gasteiger partial charge in [-0.25, -0.2) is 8.42 Å². The van der Waals surface area contributed by atoms with Crippen molar-refractivity contribution in [2.24, 2.45) is 0 Å². The molecule has 1 aromatic rings. The van der Waals surface area contributed by atoms with Gasteiger partial charge in [0.15, 0.2) is 9.84 Å². The summed E-state index contributed by atoms with van der Waals surface area (Å²) in [4.78, 5) is 4.79. The van der Waals surface area contributed by atoms with Gasteiger partial charge >= 0.3 is 0 Å². The van der Waals surface area contributed by atoms with Crippen LogP contribution >= 0.6 is 0 Å². The number of rotatable bonds is 4. The molecule has 2 fully saturated rings. The van der Waals surface area contributed by atoms with Crippen molar-refractivity contribution < 1.29 is 8.42 Å². The number of hydrogen-bond acceptors (Lipinski definition) is 5. The minimum absolute atomic E-state index is 0.246. The third kappa shape index (κ3) is 3.70. The third-order valence-electron chi connectivity index (χ3n) is 4.72. The van der Waals surface area contributed by atoms with Crippen molar-refractivity contribution in [3.8, 4) is 0 Å². The van der Waals surface area contributed by atoms with E-state index in [1.807, 2.05) is 10.9 Å². The molecule has 0 saturated carbocycles. The lowest BCUT2D eigenvalue weighted by molar-refractivity contribution is 0.100. The molecule has 2 saturated heterocycles. The third-order valence-corrected chi connectivity index (χ3v) is 6.47. The van der Waals surface area contributed by atoms with Crippen molar-refractivity contribution in [3.05, 3.63) is 18.0 Å². The molecule has 0 aliphatic carbocycles. The first-order valence-corrected chi connectivity index (χ1v) is 9.95. The highest BCUT2D eigenvalue weighted by Gasteiger charge is 2.33. The SMILES string of the molecule is CC(C)n1cc(CN2CCN(C3CCS(=O)(=O)C3)CC2)cn1. The van der Waals surface area contributed by atoms with Crippen LogP contribution in [0.2, 0.25) is 0 Å². The lowest BCUT2D eigenvalue weighted by Crippen LogP contribution is -2.50. The number of aromatic nitrogens is 2. The Morgan fingerprint density at radius 1 is 1.27 bits per heavy atom. The van der Waals surface area contributed by atoms with Gasteiger partial charge in [-0.15, -0.1) is 0 Å². The van der Waals surface area contributed by atoms with E-state index in [0.717, 1.165) is 39.1 Å². The molecule has 1 unspecified atom stereocenters. The van der Waals surface area contributed by atoms with Crippen molar-refractivity contribution in [3.63, 3.8) is 0 Å². The summed E-state index contributed by atoms with van der Waals surface area (Å²) in [5, 5.41) is 4.39. The van der Waals surface area contributed by atoms with Gasteiger partial charge in [-0.1, -0.05) is 0 Å². The van der Waals surface area contributed by atoms with Gasteiger partial charge < -0.3 is 0 Å². The van der Waals surface area contributed by atoms with E-state index in [4.69, 9.17) is 0 Å². The molecule has 2 aliphatic heterocycles. The first-order valence-electron chi connectivity index (χ1n) is 8.13. The second-order valence-corrected chi connectivity index (χ2v) is 9.02. The van der Waals surface area contributed by atoms with Gasteiger partial charge in [-0.05, 0) is 20.3 Å². The molecular formula is C15H26N4O2S. The fourth-order valence-corrected chi connectivity index (χ4v) is 5.11. The predicted molar refractivity (Wildman–Crippen MR) is 86.5 cm³/mol. The van der Waals surface area contributed by atoms with Crippen LogP contribution in [0.3, 0.4) is 0 Å². The van der Waals surface area contributed by atoms with Crippen molar-refractivity contribution >= 4 is 9.84 Å². The number of piperazine rings is 1. The van der Waals surface area contributed by atoms with Gasteiger partial charge in [0.1, 0.15) is 0 Å². The lowest BCUT2D eigenvalue weighted by Gasteiger charge is -2.37. The lowest BCUT2D eigenvalue weighted by atomic mass is 10.2. The summed E-state index contributed by atoms with van der Waals surface area (Å²) in [6.07, 6.45) is 4.89. The molecule has 0 amide bonds. The van der Waals surface area contributed by atoms with E-state index >= 15 is 0 Å². The van der Waals surface area contributed by atoms with Crippen LogP contribution in [0.25, 0.3) is 0 Å². The van der Waals surface area contributed by atoms with E-state index < -0.39 is 9.84 Å². The molecule has 22 heavy (non-hydrogen) atoms. The molecule has 124 valence electrons. The van der Waals surface area contributed by atoms with Gasteiger partial charge in [0, 0.05) is 56.6 Å². The Morgan fingerprint density at radius 2 is 2.00 bits per heavy atom. The maximum absolute atomic E-state index is 11.6.